The van der Waals surface area contributed by atoms with Crippen LogP contribution < -0.4 is 0 Å². The minimum atomic E-state index is -0.177. The van der Waals surface area contributed by atoms with Crippen molar-refractivity contribution in [3.05, 3.63) is 70.5 Å². The van der Waals surface area contributed by atoms with E-state index in [1.54, 1.807) is 12.1 Å². The number of hydrogen-bond donors (Lipinski definition) is 0. The summed E-state index contributed by atoms with van der Waals surface area (Å²) in [6, 6.07) is 13.8. The van der Waals surface area contributed by atoms with Crippen LogP contribution in [0, 0.1) is 12.7 Å². The highest BCUT2D eigenvalue weighted by Crippen LogP contribution is 2.31. The van der Waals surface area contributed by atoms with Crippen LogP contribution in [0.2, 0.25) is 0 Å². The van der Waals surface area contributed by atoms with Crippen LogP contribution >= 0.6 is 15.9 Å². The second-order valence-electron chi connectivity index (χ2n) is 5.27. The van der Waals surface area contributed by atoms with E-state index in [-0.39, 0.29) is 10.6 Å². The van der Waals surface area contributed by atoms with Crippen molar-refractivity contribution in [3.63, 3.8) is 0 Å². The number of rotatable bonds is 5. The fourth-order valence-electron chi connectivity index (χ4n) is 2.34. The first kappa shape index (κ1) is 15.2. The van der Waals surface area contributed by atoms with Gasteiger partial charge in [-0.15, -0.1) is 0 Å². The van der Waals surface area contributed by atoms with Crippen molar-refractivity contribution in [2.75, 3.05) is 0 Å². The smallest absolute Gasteiger partial charge is 0.123 e. The Kier molecular flexibility index (Phi) is 5.36. The third-order valence-corrected chi connectivity index (χ3v) is 4.51. The minimum absolute atomic E-state index is 0.0390. The summed E-state index contributed by atoms with van der Waals surface area (Å²) in [5.74, 6) is -0.177. The highest BCUT2D eigenvalue weighted by molar-refractivity contribution is 9.09. The van der Waals surface area contributed by atoms with Crippen molar-refractivity contribution < 1.29 is 4.39 Å². The Morgan fingerprint density at radius 3 is 2.35 bits per heavy atom. The average molecular weight is 335 g/mol. The molecule has 0 radical (unpaired) electrons. The molecule has 2 rings (SSSR count). The standard InChI is InChI=1S/C18H20BrF/c1-3-4-5-14-6-8-15(9-7-14)18(19)16-10-13(2)11-17(20)12-16/h6-12,18H,3-5H2,1-2H3. The van der Waals surface area contributed by atoms with E-state index in [0.717, 1.165) is 23.1 Å². The van der Waals surface area contributed by atoms with E-state index in [0.29, 0.717) is 0 Å². The summed E-state index contributed by atoms with van der Waals surface area (Å²) in [4.78, 5) is 0.0390. The molecule has 2 aromatic carbocycles. The highest BCUT2D eigenvalue weighted by Gasteiger charge is 2.11. The zero-order valence-electron chi connectivity index (χ0n) is 12.0. The summed E-state index contributed by atoms with van der Waals surface area (Å²) in [5, 5.41) is 0. The van der Waals surface area contributed by atoms with E-state index in [2.05, 4.69) is 47.1 Å². The SMILES string of the molecule is CCCCc1ccc(C(Br)c2cc(C)cc(F)c2)cc1. The fraction of sp³-hybridized carbons (Fsp3) is 0.333. The molecule has 1 atom stereocenters. The van der Waals surface area contributed by atoms with E-state index in [4.69, 9.17) is 0 Å². The molecule has 0 amide bonds. The molecule has 20 heavy (non-hydrogen) atoms. The second-order valence-corrected chi connectivity index (χ2v) is 6.19. The topological polar surface area (TPSA) is 0 Å². The summed E-state index contributed by atoms with van der Waals surface area (Å²) < 4.78 is 13.5. The fourth-order valence-corrected chi connectivity index (χ4v) is 2.91. The van der Waals surface area contributed by atoms with Crippen molar-refractivity contribution in [2.45, 2.75) is 37.9 Å². The van der Waals surface area contributed by atoms with Crippen LogP contribution in [-0.4, -0.2) is 0 Å². The highest BCUT2D eigenvalue weighted by atomic mass is 79.9. The summed E-state index contributed by atoms with van der Waals surface area (Å²) in [5.41, 5.74) is 4.44. The van der Waals surface area contributed by atoms with Gasteiger partial charge in [-0.05, 0) is 54.2 Å². The zero-order chi connectivity index (χ0) is 14.5. The first-order chi connectivity index (χ1) is 9.60. The van der Waals surface area contributed by atoms with Crippen molar-refractivity contribution in [1.29, 1.82) is 0 Å². The molecule has 0 aliphatic heterocycles. The van der Waals surface area contributed by atoms with Gasteiger partial charge >= 0.3 is 0 Å². The predicted octanol–water partition coefficient (Wildman–Crippen LogP) is 5.96. The van der Waals surface area contributed by atoms with Gasteiger partial charge < -0.3 is 0 Å². The Bertz CT molecular complexity index is 540. The van der Waals surface area contributed by atoms with Gasteiger partial charge in [-0.25, -0.2) is 4.39 Å². The Labute approximate surface area is 129 Å². The molecule has 0 fully saturated rings. The first-order valence-corrected chi connectivity index (χ1v) is 8.01. The van der Waals surface area contributed by atoms with E-state index in [9.17, 15) is 4.39 Å². The van der Waals surface area contributed by atoms with Gasteiger partial charge in [0.05, 0.1) is 4.83 Å². The molecule has 0 nitrogen and oxygen atoms in total. The minimum Gasteiger partial charge on any atom is -0.207 e. The normalized spacial score (nSPS) is 12.4. The van der Waals surface area contributed by atoms with Gasteiger partial charge in [-0.1, -0.05) is 59.6 Å². The molecule has 0 bridgehead atoms. The van der Waals surface area contributed by atoms with Crippen LogP contribution in [0.4, 0.5) is 4.39 Å². The molecule has 0 aliphatic rings. The van der Waals surface area contributed by atoms with E-state index in [1.807, 2.05) is 13.0 Å². The van der Waals surface area contributed by atoms with E-state index in [1.165, 1.54) is 18.4 Å². The molecule has 0 saturated heterocycles. The van der Waals surface area contributed by atoms with Gasteiger partial charge in [0.25, 0.3) is 0 Å². The Morgan fingerprint density at radius 2 is 1.75 bits per heavy atom. The predicted molar refractivity (Wildman–Crippen MR) is 87.0 cm³/mol. The molecular formula is C18H20BrF. The number of alkyl halides is 1. The summed E-state index contributed by atoms with van der Waals surface area (Å²) >= 11 is 3.67. The van der Waals surface area contributed by atoms with Crippen molar-refractivity contribution in [3.8, 4) is 0 Å². The molecule has 0 aromatic heterocycles. The maximum atomic E-state index is 13.5. The van der Waals surface area contributed by atoms with Crippen LogP contribution in [0.3, 0.4) is 0 Å². The Morgan fingerprint density at radius 1 is 1.05 bits per heavy atom. The largest absolute Gasteiger partial charge is 0.207 e. The van der Waals surface area contributed by atoms with Gasteiger partial charge in [-0.2, -0.15) is 0 Å². The van der Waals surface area contributed by atoms with Crippen LogP contribution in [-0.2, 0) is 6.42 Å². The third-order valence-electron chi connectivity index (χ3n) is 3.45. The van der Waals surface area contributed by atoms with E-state index < -0.39 is 0 Å². The molecule has 0 spiro atoms. The first-order valence-electron chi connectivity index (χ1n) is 7.10. The van der Waals surface area contributed by atoms with Gasteiger partial charge in [-0.3, -0.25) is 0 Å². The summed E-state index contributed by atoms with van der Waals surface area (Å²) in [7, 11) is 0. The van der Waals surface area contributed by atoms with Gasteiger partial charge in [0, 0.05) is 0 Å². The van der Waals surface area contributed by atoms with Gasteiger partial charge in [0.2, 0.25) is 0 Å². The number of halogens is 2. The molecule has 106 valence electrons. The lowest BCUT2D eigenvalue weighted by atomic mass is 10.0. The molecule has 2 heteroatoms. The average Bonchev–Trinajstić information content (AvgIpc) is 2.44. The number of hydrogen-bond acceptors (Lipinski definition) is 0. The number of aryl methyl sites for hydroxylation is 2. The summed E-state index contributed by atoms with van der Waals surface area (Å²) in [6.07, 6.45) is 3.56. The second kappa shape index (κ2) is 7.03. The maximum absolute atomic E-state index is 13.5. The summed E-state index contributed by atoms with van der Waals surface area (Å²) in [6.45, 7) is 4.12. The van der Waals surface area contributed by atoms with Crippen molar-refractivity contribution in [2.24, 2.45) is 0 Å². The Hall–Kier alpha value is -1.15. The van der Waals surface area contributed by atoms with Crippen LogP contribution in [0.1, 0.15) is 46.8 Å². The van der Waals surface area contributed by atoms with Crippen LogP contribution in [0.15, 0.2) is 42.5 Å². The van der Waals surface area contributed by atoms with Crippen LogP contribution in [0.5, 0.6) is 0 Å². The molecule has 1 unspecified atom stereocenters. The maximum Gasteiger partial charge on any atom is 0.123 e. The molecule has 0 aliphatic carbocycles. The number of benzene rings is 2. The monoisotopic (exact) mass is 334 g/mol. The zero-order valence-corrected chi connectivity index (χ0v) is 13.6. The molecule has 2 aromatic rings. The van der Waals surface area contributed by atoms with Crippen molar-refractivity contribution in [1.82, 2.24) is 0 Å². The quantitative estimate of drug-likeness (QED) is 0.591. The van der Waals surface area contributed by atoms with Gasteiger partial charge in [0.1, 0.15) is 5.82 Å². The lowest BCUT2D eigenvalue weighted by Gasteiger charge is -2.12. The molecular weight excluding hydrogens is 315 g/mol. The third kappa shape index (κ3) is 3.92. The molecule has 0 N–H and O–H groups in total. The Balaban J connectivity index is 2.17. The lowest BCUT2D eigenvalue weighted by molar-refractivity contribution is 0.624. The van der Waals surface area contributed by atoms with Gasteiger partial charge in [0.15, 0.2) is 0 Å². The van der Waals surface area contributed by atoms with E-state index >= 15 is 0 Å². The lowest BCUT2D eigenvalue weighted by Crippen LogP contribution is -1.95. The number of unbranched alkanes of at least 4 members (excludes halogenated alkanes) is 1. The van der Waals surface area contributed by atoms with Crippen LogP contribution in [0.25, 0.3) is 0 Å². The van der Waals surface area contributed by atoms with Crippen molar-refractivity contribution >= 4 is 15.9 Å². The molecule has 0 saturated carbocycles. The molecule has 0 heterocycles.